The fraction of sp³-hybridized carbons (Fsp3) is 0.500. The largest absolute Gasteiger partial charge is 0.480 e. The van der Waals surface area contributed by atoms with E-state index < -0.39 is 17.9 Å². The smallest absolute Gasteiger partial charge is 0.326 e. The van der Waals surface area contributed by atoms with E-state index >= 15 is 0 Å². The molecular weight excluding hydrogens is 158 g/mol. The maximum atomic E-state index is 11.0. The van der Waals surface area contributed by atoms with Gasteiger partial charge in [0, 0.05) is 7.05 Å². The van der Waals surface area contributed by atoms with E-state index in [0.717, 1.165) is 4.90 Å². The molecule has 1 atom stereocenters. The van der Waals surface area contributed by atoms with Crippen molar-refractivity contribution < 1.29 is 14.7 Å². The number of carboxylic acid groups (broad SMARTS) is 1. The molecule has 12 heavy (non-hydrogen) atoms. The Morgan fingerprint density at radius 3 is 2.33 bits per heavy atom. The molecule has 66 valence electrons. The average Bonchev–Trinajstić information content (AvgIpc) is 2.02. The zero-order chi connectivity index (χ0) is 9.72. The first-order valence-electron chi connectivity index (χ1n) is 3.43. The molecular formula is C8H11NO3. The Morgan fingerprint density at radius 2 is 2.00 bits per heavy atom. The molecule has 0 rings (SSSR count). The number of carbonyl (C=O) groups is 2. The van der Waals surface area contributed by atoms with E-state index in [-0.39, 0.29) is 0 Å². The highest BCUT2D eigenvalue weighted by molar-refractivity contribution is 5.95. The van der Waals surface area contributed by atoms with Crippen LogP contribution in [0.5, 0.6) is 0 Å². The van der Waals surface area contributed by atoms with Gasteiger partial charge in [-0.3, -0.25) is 4.79 Å². The van der Waals surface area contributed by atoms with Crippen molar-refractivity contribution in [2.45, 2.75) is 19.9 Å². The number of likely N-dealkylation sites (N-methyl/N-ethyl adjacent to an activating group) is 1. The normalized spacial score (nSPS) is 10.9. The average molecular weight is 169 g/mol. The number of hydrogen-bond acceptors (Lipinski definition) is 2. The molecule has 0 aromatic heterocycles. The van der Waals surface area contributed by atoms with Crippen LogP contribution >= 0.6 is 0 Å². The summed E-state index contributed by atoms with van der Waals surface area (Å²) in [6, 6.07) is -0.835. The van der Waals surface area contributed by atoms with Crippen LogP contribution in [0, 0.1) is 11.8 Å². The standard InChI is InChI=1S/C8H11NO3/c1-4-5-7(10)9(3)6(2)8(11)12/h6H,1-3H3,(H,11,12)/t6-/m0/s1. The van der Waals surface area contributed by atoms with E-state index in [1.54, 1.807) is 0 Å². The van der Waals surface area contributed by atoms with Gasteiger partial charge >= 0.3 is 5.97 Å². The van der Waals surface area contributed by atoms with Crippen LogP contribution in [0.1, 0.15) is 13.8 Å². The second-order valence-corrected chi connectivity index (χ2v) is 2.31. The molecule has 4 nitrogen and oxygen atoms in total. The molecule has 0 bridgehead atoms. The highest BCUT2D eigenvalue weighted by atomic mass is 16.4. The van der Waals surface area contributed by atoms with Gasteiger partial charge in [0.05, 0.1) is 0 Å². The molecule has 0 aliphatic carbocycles. The van der Waals surface area contributed by atoms with Crippen LogP contribution in [0.2, 0.25) is 0 Å². The Morgan fingerprint density at radius 1 is 1.50 bits per heavy atom. The molecule has 0 aromatic rings. The van der Waals surface area contributed by atoms with E-state index in [4.69, 9.17) is 5.11 Å². The summed E-state index contributed by atoms with van der Waals surface area (Å²) in [6.07, 6.45) is 0. The zero-order valence-corrected chi connectivity index (χ0v) is 7.29. The maximum absolute atomic E-state index is 11.0. The highest BCUT2D eigenvalue weighted by Crippen LogP contribution is 1.94. The van der Waals surface area contributed by atoms with Crippen molar-refractivity contribution in [3.05, 3.63) is 0 Å². The van der Waals surface area contributed by atoms with Gasteiger partial charge in [-0.1, -0.05) is 5.92 Å². The quantitative estimate of drug-likeness (QED) is 0.589. The molecule has 0 fully saturated rings. The van der Waals surface area contributed by atoms with E-state index in [0.29, 0.717) is 0 Å². The molecule has 0 heterocycles. The minimum atomic E-state index is -1.04. The number of rotatable bonds is 2. The van der Waals surface area contributed by atoms with Crippen molar-refractivity contribution in [1.29, 1.82) is 0 Å². The van der Waals surface area contributed by atoms with Gasteiger partial charge in [-0.2, -0.15) is 0 Å². The van der Waals surface area contributed by atoms with E-state index in [1.165, 1.54) is 20.9 Å². The summed E-state index contributed by atoms with van der Waals surface area (Å²) in [5.74, 6) is 3.15. The number of nitrogens with zero attached hydrogens (tertiary/aromatic N) is 1. The van der Waals surface area contributed by atoms with Crippen LogP contribution in [0.3, 0.4) is 0 Å². The van der Waals surface area contributed by atoms with E-state index in [1.807, 2.05) is 0 Å². The van der Waals surface area contributed by atoms with Gasteiger partial charge in [0.25, 0.3) is 5.91 Å². The van der Waals surface area contributed by atoms with Crippen LogP contribution in [0.4, 0.5) is 0 Å². The van der Waals surface area contributed by atoms with Crippen molar-refractivity contribution in [2.75, 3.05) is 7.05 Å². The Bertz CT molecular complexity index is 249. The second-order valence-electron chi connectivity index (χ2n) is 2.31. The van der Waals surface area contributed by atoms with Crippen molar-refractivity contribution >= 4 is 11.9 Å². The summed E-state index contributed by atoms with van der Waals surface area (Å²) < 4.78 is 0. The molecule has 0 saturated carbocycles. The van der Waals surface area contributed by atoms with Gasteiger partial charge in [0.1, 0.15) is 6.04 Å². The highest BCUT2D eigenvalue weighted by Gasteiger charge is 2.19. The lowest BCUT2D eigenvalue weighted by atomic mass is 10.3. The number of hydrogen-bond donors (Lipinski definition) is 1. The molecule has 1 amide bonds. The van der Waals surface area contributed by atoms with E-state index in [2.05, 4.69) is 11.8 Å². The summed E-state index contributed by atoms with van der Waals surface area (Å²) in [4.78, 5) is 22.5. The van der Waals surface area contributed by atoms with E-state index in [9.17, 15) is 9.59 Å². The topological polar surface area (TPSA) is 57.6 Å². The first-order chi connectivity index (χ1) is 5.50. The molecule has 0 aliphatic heterocycles. The third-order valence-electron chi connectivity index (χ3n) is 1.49. The van der Waals surface area contributed by atoms with Gasteiger partial charge < -0.3 is 10.0 Å². The summed E-state index contributed by atoms with van der Waals surface area (Å²) in [6.45, 7) is 2.95. The summed E-state index contributed by atoms with van der Waals surface area (Å²) in [7, 11) is 1.41. The number of carboxylic acids is 1. The van der Waals surface area contributed by atoms with Crippen LogP contribution in [0.25, 0.3) is 0 Å². The number of carbonyl (C=O) groups excluding carboxylic acids is 1. The van der Waals surface area contributed by atoms with Crippen LogP contribution < -0.4 is 0 Å². The monoisotopic (exact) mass is 169 g/mol. The Hall–Kier alpha value is -1.50. The zero-order valence-electron chi connectivity index (χ0n) is 7.29. The van der Waals surface area contributed by atoms with Crippen molar-refractivity contribution in [3.8, 4) is 11.8 Å². The lowest BCUT2D eigenvalue weighted by Gasteiger charge is -2.18. The van der Waals surface area contributed by atoms with Gasteiger partial charge in [0.2, 0.25) is 0 Å². The lowest BCUT2D eigenvalue weighted by Crippen LogP contribution is -2.39. The Balaban J connectivity index is 4.35. The minimum absolute atomic E-state index is 0.479. The van der Waals surface area contributed by atoms with Gasteiger partial charge in [-0.25, -0.2) is 4.79 Å². The minimum Gasteiger partial charge on any atom is -0.480 e. The van der Waals surface area contributed by atoms with Gasteiger partial charge in [-0.05, 0) is 19.8 Å². The van der Waals surface area contributed by atoms with Crippen LogP contribution in [-0.4, -0.2) is 35.0 Å². The summed E-state index contributed by atoms with van der Waals surface area (Å²) >= 11 is 0. The predicted molar refractivity (Wildman–Crippen MR) is 43.3 cm³/mol. The number of aliphatic carboxylic acids is 1. The molecule has 0 spiro atoms. The lowest BCUT2D eigenvalue weighted by molar-refractivity contribution is -0.146. The van der Waals surface area contributed by atoms with Crippen LogP contribution in [0.15, 0.2) is 0 Å². The molecule has 0 aromatic carbocycles. The fourth-order valence-corrected chi connectivity index (χ4v) is 0.537. The first kappa shape index (κ1) is 10.5. The summed E-state index contributed by atoms with van der Waals surface area (Å²) in [5.41, 5.74) is 0. The maximum Gasteiger partial charge on any atom is 0.326 e. The third-order valence-corrected chi connectivity index (χ3v) is 1.49. The predicted octanol–water partition coefficient (Wildman–Crippen LogP) is -0.0588. The summed E-state index contributed by atoms with van der Waals surface area (Å²) in [5, 5.41) is 8.53. The second kappa shape index (κ2) is 4.39. The molecule has 1 N–H and O–H groups in total. The Labute approximate surface area is 71.2 Å². The molecule has 0 radical (unpaired) electrons. The first-order valence-corrected chi connectivity index (χ1v) is 3.43. The fourth-order valence-electron chi connectivity index (χ4n) is 0.537. The Kier molecular flexibility index (Phi) is 3.84. The van der Waals surface area contributed by atoms with Crippen LogP contribution in [-0.2, 0) is 9.59 Å². The SMILES string of the molecule is CC#CC(=O)N(C)[C@@H](C)C(=O)O. The number of amides is 1. The third kappa shape index (κ3) is 2.62. The molecule has 0 saturated heterocycles. The molecule has 0 unspecified atom stereocenters. The molecule has 4 heteroatoms. The van der Waals surface area contributed by atoms with Gasteiger partial charge in [-0.15, -0.1) is 0 Å². The van der Waals surface area contributed by atoms with Crippen molar-refractivity contribution in [2.24, 2.45) is 0 Å². The molecule has 0 aliphatic rings. The van der Waals surface area contributed by atoms with Gasteiger partial charge in [0.15, 0.2) is 0 Å². The van der Waals surface area contributed by atoms with Crippen molar-refractivity contribution in [3.63, 3.8) is 0 Å². The van der Waals surface area contributed by atoms with Crippen molar-refractivity contribution in [1.82, 2.24) is 4.90 Å².